The van der Waals surface area contributed by atoms with Gasteiger partial charge in [0, 0.05) is 20.1 Å². The van der Waals surface area contributed by atoms with Crippen molar-refractivity contribution in [3.8, 4) is 0 Å². The largest absolute Gasteiger partial charge is 0.509 e. The van der Waals surface area contributed by atoms with Crippen LogP contribution in [-0.4, -0.2) is 59.6 Å². The minimum absolute atomic E-state index is 0.158. The number of methoxy groups -OCH3 is 1. The topological polar surface area (TPSA) is 104 Å². The molecule has 0 aromatic rings. The standard InChI is InChI=1S/C30H53NO6/c1-31-25(24-27(34)37-2)29(35)28(30(31)36)26(33)22-20-18-16-14-12-10-8-6-4-3-5-7-9-11-13-15-17-19-21-23-32/h25,32,35H,3-24H2,1-2H3. The maximum absolute atomic E-state index is 12.5. The number of ether oxygens (including phenoxy) is 1. The molecule has 1 rings (SSSR count). The van der Waals surface area contributed by atoms with Crippen LogP contribution < -0.4 is 0 Å². The Morgan fingerprint density at radius 1 is 0.730 bits per heavy atom. The molecule has 0 fully saturated rings. The molecule has 0 aromatic carbocycles. The van der Waals surface area contributed by atoms with Crippen molar-refractivity contribution in [3.05, 3.63) is 11.3 Å². The van der Waals surface area contributed by atoms with E-state index in [0.29, 0.717) is 13.0 Å². The van der Waals surface area contributed by atoms with Gasteiger partial charge in [-0.15, -0.1) is 0 Å². The molecular formula is C30H53NO6. The quantitative estimate of drug-likeness (QED) is 0.0843. The highest BCUT2D eigenvalue weighted by atomic mass is 16.5. The third-order valence-electron chi connectivity index (χ3n) is 7.50. The van der Waals surface area contributed by atoms with Crippen LogP contribution in [0.5, 0.6) is 0 Å². The minimum atomic E-state index is -0.817. The van der Waals surface area contributed by atoms with Crippen molar-refractivity contribution in [1.29, 1.82) is 0 Å². The van der Waals surface area contributed by atoms with Gasteiger partial charge in [-0.25, -0.2) is 0 Å². The van der Waals surface area contributed by atoms with Crippen molar-refractivity contribution in [3.63, 3.8) is 0 Å². The molecule has 37 heavy (non-hydrogen) atoms. The maximum Gasteiger partial charge on any atom is 0.308 e. The van der Waals surface area contributed by atoms with Crippen molar-refractivity contribution in [2.45, 2.75) is 141 Å². The van der Waals surface area contributed by atoms with Gasteiger partial charge in [-0.3, -0.25) is 14.4 Å². The van der Waals surface area contributed by atoms with Crippen LogP contribution >= 0.6 is 0 Å². The van der Waals surface area contributed by atoms with E-state index >= 15 is 0 Å². The summed E-state index contributed by atoms with van der Waals surface area (Å²) in [7, 11) is 2.74. The lowest BCUT2D eigenvalue weighted by Crippen LogP contribution is -2.34. The monoisotopic (exact) mass is 523 g/mol. The second kappa shape index (κ2) is 21.1. The predicted molar refractivity (Wildman–Crippen MR) is 147 cm³/mol. The summed E-state index contributed by atoms with van der Waals surface area (Å²) in [5.41, 5.74) is -0.165. The van der Waals surface area contributed by atoms with E-state index in [1.807, 2.05) is 0 Å². The molecule has 2 N–H and O–H groups in total. The molecule has 1 aliphatic heterocycles. The first-order valence-corrected chi connectivity index (χ1v) is 14.8. The number of esters is 1. The van der Waals surface area contributed by atoms with Gasteiger partial charge in [-0.05, 0) is 12.8 Å². The Hall–Kier alpha value is -1.89. The first kappa shape index (κ1) is 33.1. The van der Waals surface area contributed by atoms with Crippen LogP contribution in [0.25, 0.3) is 0 Å². The molecule has 1 unspecified atom stereocenters. The number of likely N-dealkylation sites (N-methyl/N-ethyl adjacent to an activating group) is 1. The summed E-state index contributed by atoms with van der Waals surface area (Å²) in [5.74, 6) is -1.69. The molecule has 7 nitrogen and oxygen atoms in total. The van der Waals surface area contributed by atoms with E-state index in [-0.39, 0.29) is 30.0 Å². The average molecular weight is 524 g/mol. The number of carbonyl (C=O) groups excluding carboxylic acids is 3. The number of Topliss-reactive ketones (excluding diaryl/α,β-unsaturated/α-hetero) is 1. The fourth-order valence-electron chi connectivity index (χ4n) is 5.04. The fourth-order valence-corrected chi connectivity index (χ4v) is 5.04. The van der Waals surface area contributed by atoms with Gasteiger partial charge in [0.1, 0.15) is 17.4 Å². The number of unbranched alkanes of at least 4 members (excludes halogenated alkanes) is 18. The SMILES string of the molecule is COC(=O)CC1C(O)=C(C(=O)CCCCCCCCCCCCCCCCCCCCCO)C(=O)N1C. The molecule has 0 bridgehead atoms. The van der Waals surface area contributed by atoms with Crippen molar-refractivity contribution in [2.24, 2.45) is 0 Å². The number of hydrogen-bond donors (Lipinski definition) is 2. The Morgan fingerprint density at radius 3 is 1.49 bits per heavy atom. The van der Waals surface area contributed by atoms with E-state index in [1.165, 1.54) is 115 Å². The van der Waals surface area contributed by atoms with Crippen LogP contribution in [-0.2, 0) is 19.1 Å². The van der Waals surface area contributed by atoms with Gasteiger partial charge in [-0.2, -0.15) is 0 Å². The molecule has 214 valence electrons. The third-order valence-corrected chi connectivity index (χ3v) is 7.50. The molecule has 0 saturated carbocycles. The van der Waals surface area contributed by atoms with E-state index in [2.05, 4.69) is 4.74 Å². The number of ketones is 1. The lowest BCUT2D eigenvalue weighted by Gasteiger charge is -2.19. The van der Waals surface area contributed by atoms with Crippen LogP contribution in [0.2, 0.25) is 0 Å². The van der Waals surface area contributed by atoms with Gasteiger partial charge in [-0.1, -0.05) is 109 Å². The Labute approximate surface area is 225 Å². The molecule has 0 saturated heterocycles. The summed E-state index contributed by atoms with van der Waals surface area (Å²) in [5, 5.41) is 19.1. The average Bonchev–Trinajstić information content (AvgIpc) is 3.10. The number of nitrogens with zero attached hydrogens (tertiary/aromatic N) is 1. The minimum Gasteiger partial charge on any atom is -0.509 e. The summed E-state index contributed by atoms with van der Waals surface area (Å²) >= 11 is 0. The lowest BCUT2D eigenvalue weighted by atomic mass is 10.0. The van der Waals surface area contributed by atoms with Crippen molar-refractivity contribution in [1.82, 2.24) is 4.90 Å². The highest BCUT2D eigenvalue weighted by Gasteiger charge is 2.41. The molecule has 7 heteroatoms. The summed E-state index contributed by atoms with van der Waals surface area (Å²) in [6.07, 6.45) is 23.4. The molecule has 0 radical (unpaired) electrons. The molecule has 1 heterocycles. The smallest absolute Gasteiger partial charge is 0.308 e. The highest BCUT2D eigenvalue weighted by molar-refractivity contribution is 6.21. The van der Waals surface area contributed by atoms with Crippen LogP contribution in [0.3, 0.4) is 0 Å². The van der Waals surface area contributed by atoms with E-state index in [4.69, 9.17) is 5.11 Å². The summed E-state index contributed by atoms with van der Waals surface area (Å²) in [6.45, 7) is 0.336. The second-order valence-corrected chi connectivity index (χ2v) is 10.6. The molecule has 1 atom stereocenters. The molecule has 0 aliphatic carbocycles. The van der Waals surface area contributed by atoms with Gasteiger partial charge < -0.3 is 19.8 Å². The number of aliphatic hydroxyl groups excluding tert-OH is 2. The number of aliphatic hydroxyl groups is 2. The van der Waals surface area contributed by atoms with Crippen LogP contribution in [0, 0.1) is 0 Å². The Kier molecular flexibility index (Phi) is 18.9. The van der Waals surface area contributed by atoms with Crippen LogP contribution in [0.4, 0.5) is 0 Å². The number of rotatable bonds is 24. The normalized spacial score (nSPS) is 15.6. The predicted octanol–water partition coefficient (Wildman–Crippen LogP) is 6.57. The molecule has 0 aromatic heterocycles. The van der Waals surface area contributed by atoms with Gasteiger partial charge in [0.15, 0.2) is 5.78 Å². The van der Waals surface area contributed by atoms with E-state index in [1.54, 1.807) is 0 Å². The van der Waals surface area contributed by atoms with E-state index in [0.717, 1.165) is 19.3 Å². The zero-order chi connectivity index (χ0) is 27.3. The first-order valence-electron chi connectivity index (χ1n) is 14.8. The summed E-state index contributed by atoms with van der Waals surface area (Å²) < 4.78 is 4.61. The summed E-state index contributed by atoms with van der Waals surface area (Å²) in [6, 6.07) is -0.817. The highest BCUT2D eigenvalue weighted by Crippen LogP contribution is 2.27. The molecular weight excluding hydrogens is 470 g/mol. The Morgan fingerprint density at radius 2 is 1.11 bits per heavy atom. The zero-order valence-corrected chi connectivity index (χ0v) is 23.6. The lowest BCUT2D eigenvalue weighted by molar-refractivity contribution is -0.142. The van der Waals surface area contributed by atoms with Crippen molar-refractivity contribution >= 4 is 17.7 Å². The summed E-state index contributed by atoms with van der Waals surface area (Å²) in [4.78, 5) is 37.7. The Bertz CT molecular complexity index is 690. The number of amides is 1. The van der Waals surface area contributed by atoms with Gasteiger partial charge in [0.2, 0.25) is 0 Å². The number of hydrogen-bond acceptors (Lipinski definition) is 6. The molecule has 1 aliphatic rings. The molecule has 1 amide bonds. The van der Waals surface area contributed by atoms with Gasteiger partial charge in [0.05, 0.1) is 13.5 Å². The van der Waals surface area contributed by atoms with Gasteiger partial charge in [0.25, 0.3) is 5.91 Å². The third kappa shape index (κ3) is 14.0. The fraction of sp³-hybridized carbons (Fsp3) is 0.833. The Balaban J connectivity index is 1.96. The van der Waals surface area contributed by atoms with Crippen LogP contribution in [0.1, 0.15) is 135 Å². The van der Waals surface area contributed by atoms with Gasteiger partial charge >= 0.3 is 5.97 Å². The molecule has 0 spiro atoms. The second-order valence-electron chi connectivity index (χ2n) is 10.6. The zero-order valence-electron chi connectivity index (χ0n) is 23.6. The first-order chi connectivity index (χ1) is 17.9. The maximum atomic E-state index is 12.5. The van der Waals surface area contributed by atoms with E-state index in [9.17, 15) is 19.5 Å². The van der Waals surface area contributed by atoms with Crippen LogP contribution in [0.15, 0.2) is 11.3 Å². The van der Waals surface area contributed by atoms with E-state index < -0.39 is 17.9 Å². The number of carbonyl (C=O) groups is 3. The van der Waals surface area contributed by atoms with Crippen molar-refractivity contribution < 1.29 is 29.3 Å². The van der Waals surface area contributed by atoms with Crippen molar-refractivity contribution in [2.75, 3.05) is 20.8 Å².